The number of amides is 4. The van der Waals surface area contributed by atoms with E-state index < -0.39 is 66.0 Å². The Hall–Kier alpha value is -4.22. The number of ether oxygens (including phenoxy) is 4. The molecule has 0 saturated carbocycles. The largest absolute Gasteiger partial charge is 0.756 e. The molecule has 0 saturated heterocycles. The molecule has 0 aliphatic carbocycles. The molecule has 6 atom stereocenters. The number of unbranched alkanes of at least 4 members (excludes halogenated alkanes) is 39. The molecule has 0 aromatic heterocycles. The summed E-state index contributed by atoms with van der Waals surface area (Å²) in [5.74, 6) is -2.68. The SMILES string of the molecule is CCCCCC/C=C\CCCC(=O)OC(CCCCCCC)CCOCC(COP(=O)([O-])OCCNC(=O)CCCCCCCCC(=O)NCCOP(=O)([O-])OCC(COCCC(CCCCCCC)OC(=O)CCC/C=C\CCCCCC)NC(=O)CC(=O)CCCCCCCCCCC)NC(=O)CC(=O)CCCCCCCCCCC. The molecule has 0 aromatic carbocycles. The van der Waals surface area contributed by atoms with E-state index in [4.69, 9.17) is 37.0 Å². The van der Waals surface area contributed by atoms with Crippen LogP contribution >= 0.6 is 15.6 Å². The van der Waals surface area contributed by atoms with Gasteiger partial charge in [-0.3, -0.25) is 47.5 Å². The summed E-state index contributed by atoms with van der Waals surface area (Å²) < 4.78 is 70.5. The molecule has 118 heavy (non-hydrogen) atoms. The molecule has 26 heteroatoms. The van der Waals surface area contributed by atoms with E-state index in [0.29, 0.717) is 77.0 Å². The molecule has 0 aliphatic heterocycles. The van der Waals surface area contributed by atoms with Gasteiger partial charge in [-0.05, 0) is 103 Å². The number of allylic oxidation sites excluding steroid dienone is 4. The Morgan fingerprint density at radius 1 is 0.297 bits per heavy atom. The van der Waals surface area contributed by atoms with Crippen LogP contribution in [0.1, 0.15) is 427 Å². The van der Waals surface area contributed by atoms with Crippen LogP contribution in [0, 0.1) is 0 Å². The van der Waals surface area contributed by atoms with Crippen LogP contribution in [0.3, 0.4) is 0 Å². The van der Waals surface area contributed by atoms with E-state index in [1.165, 1.54) is 116 Å². The summed E-state index contributed by atoms with van der Waals surface area (Å²) >= 11 is 0. The Kier molecular flexibility index (Phi) is 80.7. The first-order chi connectivity index (χ1) is 57.2. The monoisotopic (exact) mass is 1710 g/mol. The van der Waals surface area contributed by atoms with E-state index >= 15 is 0 Å². The van der Waals surface area contributed by atoms with Gasteiger partial charge in [0.25, 0.3) is 15.6 Å². The minimum atomic E-state index is -4.94. The van der Waals surface area contributed by atoms with Gasteiger partial charge >= 0.3 is 11.9 Å². The van der Waals surface area contributed by atoms with Gasteiger partial charge in [-0.25, -0.2) is 0 Å². The van der Waals surface area contributed by atoms with E-state index in [1.807, 2.05) is 0 Å². The third-order valence-electron chi connectivity index (χ3n) is 20.8. The molecule has 0 aliphatic rings. The number of carbonyl (C=O) groups is 8. The lowest BCUT2D eigenvalue weighted by Crippen LogP contribution is -2.42. The second-order valence-electron chi connectivity index (χ2n) is 32.4. The highest BCUT2D eigenvalue weighted by Crippen LogP contribution is 2.39. The maximum atomic E-state index is 13.2. The molecule has 4 amide bonds. The van der Waals surface area contributed by atoms with Crippen molar-refractivity contribution in [3.05, 3.63) is 24.3 Å². The predicted molar refractivity (Wildman–Crippen MR) is 470 cm³/mol. The number of hydrogen-bond donors (Lipinski definition) is 4. The average Bonchev–Trinajstić information content (AvgIpc) is 0.908. The van der Waals surface area contributed by atoms with Crippen LogP contribution in [-0.4, -0.2) is 137 Å². The molecule has 4 N–H and O–H groups in total. The van der Waals surface area contributed by atoms with Crippen LogP contribution in [0.4, 0.5) is 0 Å². The predicted octanol–water partition coefficient (Wildman–Crippen LogP) is 20.8. The number of hydrogen-bond acceptors (Lipinski definition) is 20. The fraction of sp³-hybridized carbons (Fsp3) is 0.870. The quantitative estimate of drug-likeness (QED) is 0.0144. The van der Waals surface area contributed by atoms with Crippen molar-refractivity contribution >= 4 is 62.8 Å². The molecule has 0 fully saturated rings. The highest BCUT2D eigenvalue weighted by molar-refractivity contribution is 7.46. The molecular formula is C92H170N4O20P2-2. The van der Waals surface area contributed by atoms with Crippen LogP contribution in [0.5, 0.6) is 0 Å². The summed E-state index contributed by atoms with van der Waals surface area (Å²) in [4.78, 5) is 130. The Morgan fingerprint density at radius 2 is 0.576 bits per heavy atom. The molecule has 0 rings (SSSR count). The van der Waals surface area contributed by atoms with Crippen LogP contribution in [0.2, 0.25) is 0 Å². The van der Waals surface area contributed by atoms with Gasteiger partial charge in [0.1, 0.15) is 23.8 Å². The maximum absolute atomic E-state index is 13.2. The lowest BCUT2D eigenvalue weighted by atomic mass is 10.0. The maximum Gasteiger partial charge on any atom is 0.306 e. The highest BCUT2D eigenvalue weighted by Gasteiger charge is 2.24. The molecule has 0 aromatic rings. The van der Waals surface area contributed by atoms with E-state index in [9.17, 15) is 57.3 Å². The molecule has 0 bridgehead atoms. The van der Waals surface area contributed by atoms with Crippen LogP contribution < -0.4 is 31.1 Å². The van der Waals surface area contributed by atoms with Crippen molar-refractivity contribution in [3.63, 3.8) is 0 Å². The number of phosphoric ester groups is 2. The normalized spacial score (nSPS) is 13.7. The summed E-state index contributed by atoms with van der Waals surface area (Å²) in [6, 6.07) is -1.94. The Labute approximate surface area is 716 Å². The molecule has 6 unspecified atom stereocenters. The zero-order chi connectivity index (χ0) is 86.7. The Balaban J connectivity index is 5.26. The smallest absolute Gasteiger partial charge is 0.306 e. The topological polar surface area (TPSA) is 339 Å². The van der Waals surface area contributed by atoms with Crippen molar-refractivity contribution < 1.29 is 94.3 Å². The zero-order valence-electron chi connectivity index (χ0n) is 75.2. The van der Waals surface area contributed by atoms with Crippen LogP contribution in [0.15, 0.2) is 24.3 Å². The van der Waals surface area contributed by atoms with Crippen molar-refractivity contribution in [1.82, 2.24) is 21.3 Å². The lowest BCUT2D eigenvalue weighted by Gasteiger charge is -2.26. The van der Waals surface area contributed by atoms with E-state index in [1.54, 1.807) is 0 Å². The number of nitrogens with one attached hydrogen (secondary N) is 4. The highest BCUT2D eigenvalue weighted by atomic mass is 31.2. The van der Waals surface area contributed by atoms with Crippen molar-refractivity contribution in [1.29, 1.82) is 0 Å². The minimum Gasteiger partial charge on any atom is -0.756 e. The van der Waals surface area contributed by atoms with Crippen molar-refractivity contribution in [2.75, 3.05) is 65.9 Å². The minimum absolute atomic E-state index is 0.110. The Bertz CT molecular complexity index is 2450. The number of carbonyl (C=O) groups excluding carboxylic acids is 8. The Morgan fingerprint density at radius 3 is 0.898 bits per heavy atom. The van der Waals surface area contributed by atoms with Crippen LogP contribution in [0.25, 0.3) is 0 Å². The average molecular weight is 1710 g/mol. The van der Waals surface area contributed by atoms with Gasteiger partial charge in [0.2, 0.25) is 23.6 Å². The van der Waals surface area contributed by atoms with Gasteiger partial charge in [0.15, 0.2) is 0 Å². The van der Waals surface area contributed by atoms with Gasteiger partial charge in [-0.1, -0.05) is 284 Å². The summed E-state index contributed by atoms with van der Waals surface area (Å²) in [5, 5.41) is 10.8. The fourth-order valence-electron chi connectivity index (χ4n) is 13.6. The molecular weight excluding hydrogens is 1540 g/mol. The van der Waals surface area contributed by atoms with Gasteiger partial charge in [0, 0.05) is 64.5 Å². The first kappa shape index (κ1) is 114. The van der Waals surface area contributed by atoms with E-state index in [-0.39, 0.29) is 126 Å². The third-order valence-corrected chi connectivity index (χ3v) is 22.7. The first-order valence-corrected chi connectivity index (χ1v) is 50.3. The van der Waals surface area contributed by atoms with Crippen molar-refractivity contribution in [2.24, 2.45) is 0 Å². The van der Waals surface area contributed by atoms with Crippen molar-refractivity contribution in [2.45, 2.75) is 451 Å². The number of Topliss-reactive ketones (excluding diaryl/α,β-unsaturated/α-hetero) is 2. The molecule has 24 nitrogen and oxygen atoms in total. The number of ketones is 2. The first-order valence-electron chi connectivity index (χ1n) is 47.4. The number of phosphoric acid groups is 2. The summed E-state index contributed by atoms with van der Waals surface area (Å²) in [6.45, 7) is 11.0. The molecule has 690 valence electrons. The summed E-state index contributed by atoms with van der Waals surface area (Å²) in [5.41, 5.74) is 0. The zero-order valence-corrected chi connectivity index (χ0v) is 77.0. The standard InChI is InChI=1S/C92H172N4O20P2/c1-7-13-19-25-29-33-37-45-51-59-83(97)75-89(101)95-81(77-109-71-67-85(61-53-43-23-17-11-5)115-91(103)65-57-49-39-35-31-27-21-15-9-3)79-113-117(105,106)111-73-69-93-87(99)63-55-47-41-42-48-56-64-88(100)94-70-74-112-118(107,108)114-80-82(96-90(102)76-84(98)60-52-46-38-34-30-26-20-14-8-2)78-110-72-68-86(62-54-44-24-18-12-6)116-92(104)66-58-50-40-36-32-28-22-16-10-4/h35-36,39-40,81-82,85-86H,7-34,37-38,41-80H2,1-6H3,(H,93,99)(H,94,100)(H,95,101)(H,96,102)(H,105,106)(H,107,108)/p-2/b39-35-,40-36-. The van der Waals surface area contributed by atoms with E-state index in [2.05, 4.69) is 87.1 Å². The lowest BCUT2D eigenvalue weighted by molar-refractivity contribution is -0.227. The second-order valence-corrected chi connectivity index (χ2v) is 35.2. The summed E-state index contributed by atoms with van der Waals surface area (Å²) in [6.07, 6.45) is 60.0. The molecule has 0 heterocycles. The van der Waals surface area contributed by atoms with Gasteiger partial charge in [0.05, 0.1) is 77.8 Å². The van der Waals surface area contributed by atoms with E-state index in [0.717, 1.165) is 154 Å². The molecule has 0 radical (unpaired) electrons. The van der Waals surface area contributed by atoms with Crippen molar-refractivity contribution in [3.8, 4) is 0 Å². The van der Waals surface area contributed by atoms with Gasteiger partial charge in [-0.2, -0.15) is 0 Å². The van der Waals surface area contributed by atoms with Gasteiger partial charge < -0.3 is 68.1 Å². The summed E-state index contributed by atoms with van der Waals surface area (Å²) in [7, 11) is -9.88. The third kappa shape index (κ3) is 80.2. The number of esters is 2. The van der Waals surface area contributed by atoms with Gasteiger partial charge in [-0.15, -0.1) is 0 Å². The fourth-order valence-corrected chi connectivity index (χ4v) is 15.1. The second kappa shape index (κ2) is 83.7. The number of rotatable bonds is 91. The van der Waals surface area contributed by atoms with Crippen LogP contribution in [-0.2, 0) is 84.5 Å². The molecule has 0 spiro atoms.